The molecule has 0 bridgehead atoms. The number of piperidine rings is 1. The Bertz CT molecular complexity index is 1670. The van der Waals surface area contributed by atoms with Gasteiger partial charge in [0.05, 0.1) is 6.61 Å². The zero-order chi connectivity index (χ0) is 36.5. The van der Waals surface area contributed by atoms with Gasteiger partial charge in [-0.15, -0.1) is 6.58 Å². The maximum absolute atomic E-state index is 14.7. The average Bonchev–Trinajstić information content (AvgIpc) is 3.43. The third kappa shape index (κ3) is 6.91. The molecule has 3 aromatic carbocycles. The molecular weight excluding hydrogens is 665 g/mol. The van der Waals surface area contributed by atoms with Crippen LogP contribution in [0.4, 0.5) is 30.7 Å². The number of hydrogen-bond donors (Lipinski definition) is 0. The zero-order valence-corrected chi connectivity index (χ0v) is 27.8. The number of halogens is 7. The molecule has 0 aliphatic carbocycles. The molecule has 2 amide bonds. The summed E-state index contributed by atoms with van der Waals surface area (Å²) in [5.74, 6) is -1.95. The van der Waals surface area contributed by atoms with Crippen LogP contribution in [0, 0.1) is 11.7 Å². The summed E-state index contributed by atoms with van der Waals surface area (Å²) in [4.78, 5) is 29.0. The van der Waals surface area contributed by atoms with Crippen LogP contribution in [0.2, 0.25) is 0 Å². The maximum Gasteiger partial charge on any atom is 0.430 e. The lowest BCUT2D eigenvalue weighted by molar-refractivity contribution is -0.392. The van der Waals surface area contributed by atoms with Crippen molar-refractivity contribution in [1.82, 2.24) is 9.80 Å². The molecule has 0 unspecified atom stereocenters. The Balaban J connectivity index is 1.49. The van der Waals surface area contributed by atoms with E-state index in [1.807, 2.05) is 37.3 Å². The molecule has 2 heterocycles. The number of likely N-dealkylation sites (tertiary alicyclic amines) is 2. The largest absolute Gasteiger partial charge is 0.430 e. The number of alkyl halides is 6. The quantitative estimate of drug-likeness (QED) is 0.167. The molecule has 0 aromatic heterocycles. The van der Waals surface area contributed by atoms with E-state index in [-0.39, 0.29) is 42.8 Å². The van der Waals surface area contributed by atoms with E-state index in [9.17, 15) is 40.3 Å². The minimum absolute atomic E-state index is 0.00881. The van der Waals surface area contributed by atoms with Crippen LogP contribution in [-0.2, 0) is 38.4 Å². The summed E-state index contributed by atoms with van der Waals surface area (Å²) in [6, 6.07) is 16.9. The lowest BCUT2D eigenvalue weighted by Crippen LogP contribution is -2.55. The Kier molecular flexibility index (Phi) is 10.5. The smallest absolute Gasteiger partial charge is 0.349 e. The van der Waals surface area contributed by atoms with Crippen LogP contribution in [0.5, 0.6) is 0 Å². The van der Waals surface area contributed by atoms with E-state index in [0.29, 0.717) is 31.5 Å². The SMILES string of the molecule is C=CCc1cccc(F)c1COC(c1ccc([C@@H]2CN(C(=O)C3CCN(C(C)=O)CC3)C[C@]2(C)c2ccccc2)cc1)(C(F)(F)F)C(F)(F)F. The number of amides is 2. The molecule has 0 spiro atoms. The molecule has 2 saturated heterocycles. The first-order valence-electron chi connectivity index (χ1n) is 16.4. The Labute approximate surface area is 286 Å². The number of hydrogen-bond acceptors (Lipinski definition) is 3. The number of ether oxygens (including phenoxy) is 1. The summed E-state index contributed by atoms with van der Waals surface area (Å²) in [6.07, 6.45) is -9.58. The van der Waals surface area contributed by atoms with Crippen molar-refractivity contribution < 1.29 is 45.1 Å². The van der Waals surface area contributed by atoms with E-state index in [0.717, 1.165) is 23.8 Å². The van der Waals surface area contributed by atoms with Crippen LogP contribution >= 0.6 is 0 Å². The minimum Gasteiger partial charge on any atom is -0.349 e. The zero-order valence-electron chi connectivity index (χ0n) is 27.8. The summed E-state index contributed by atoms with van der Waals surface area (Å²) < 4.78 is 108. The molecule has 0 saturated carbocycles. The van der Waals surface area contributed by atoms with Gasteiger partial charge in [0.2, 0.25) is 11.8 Å². The fourth-order valence-corrected chi connectivity index (χ4v) is 7.42. The Morgan fingerprint density at radius 1 is 0.900 bits per heavy atom. The van der Waals surface area contributed by atoms with Crippen molar-refractivity contribution in [3.63, 3.8) is 0 Å². The topological polar surface area (TPSA) is 49.9 Å². The van der Waals surface area contributed by atoms with Gasteiger partial charge < -0.3 is 14.5 Å². The van der Waals surface area contributed by atoms with Gasteiger partial charge in [0.25, 0.3) is 5.60 Å². The highest BCUT2D eigenvalue weighted by molar-refractivity contribution is 5.80. The van der Waals surface area contributed by atoms with Crippen LogP contribution in [-0.4, -0.2) is 60.1 Å². The first-order valence-corrected chi connectivity index (χ1v) is 16.4. The molecular formula is C38H39F7N2O3. The molecule has 12 heteroatoms. The highest BCUT2D eigenvalue weighted by Gasteiger charge is 2.73. The predicted octanol–water partition coefficient (Wildman–Crippen LogP) is 8.23. The maximum atomic E-state index is 14.7. The van der Waals surface area contributed by atoms with Gasteiger partial charge in [-0.1, -0.05) is 79.7 Å². The molecule has 0 radical (unpaired) electrons. The fourth-order valence-electron chi connectivity index (χ4n) is 7.42. The Morgan fingerprint density at radius 2 is 1.52 bits per heavy atom. The van der Waals surface area contributed by atoms with Crippen molar-refractivity contribution in [3.05, 3.63) is 119 Å². The van der Waals surface area contributed by atoms with Gasteiger partial charge >= 0.3 is 12.4 Å². The number of benzene rings is 3. The number of allylic oxidation sites excluding steroid dienone is 1. The van der Waals surface area contributed by atoms with E-state index < -0.39 is 52.8 Å². The first-order chi connectivity index (χ1) is 23.5. The van der Waals surface area contributed by atoms with Gasteiger partial charge in [-0.25, -0.2) is 4.39 Å². The fraction of sp³-hybridized carbons (Fsp3) is 0.421. The molecule has 2 aliphatic heterocycles. The van der Waals surface area contributed by atoms with Crippen molar-refractivity contribution in [2.45, 2.75) is 69.0 Å². The average molecular weight is 705 g/mol. The summed E-state index contributed by atoms with van der Waals surface area (Å²) in [5.41, 5.74) is -5.66. The predicted molar refractivity (Wildman–Crippen MR) is 173 cm³/mol. The number of nitrogens with zero attached hydrogens (tertiary/aromatic N) is 2. The normalized spacial score (nSPS) is 20.6. The van der Waals surface area contributed by atoms with Crippen LogP contribution in [0.25, 0.3) is 0 Å². The highest BCUT2D eigenvalue weighted by Crippen LogP contribution is 2.54. The van der Waals surface area contributed by atoms with Crippen LogP contribution in [0.15, 0.2) is 85.5 Å². The van der Waals surface area contributed by atoms with E-state index >= 15 is 0 Å². The van der Waals surface area contributed by atoms with Gasteiger partial charge in [0.1, 0.15) is 5.82 Å². The summed E-state index contributed by atoms with van der Waals surface area (Å²) in [5, 5.41) is 0. The lowest BCUT2D eigenvalue weighted by Gasteiger charge is -2.38. The third-order valence-electron chi connectivity index (χ3n) is 10.3. The molecule has 268 valence electrons. The number of carbonyl (C=O) groups is 2. The van der Waals surface area contributed by atoms with Crippen LogP contribution in [0.3, 0.4) is 0 Å². The van der Waals surface area contributed by atoms with Gasteiger partial charge in [0, 0.05) is 61.5 Å². The van der Waals surface area contributed by atoms with Crippen LogP contribution < -0.4 is 0 Å². The molecule has 0 N–H and O–H groups in total. The van der Waals surface area contributed by atoms with Crippen molar-refractivity contribution in [1.29, 1.82) is 0 Å². The van der Waals surface area contributed by atoms with Crippen molar-refractivity contribution in [2.24, 2.45) is 5.92 Å². The standard InChI is InChI=1S/C38H39F7N2O3/c1-4-9-26-10-8-13-33(39)31(26)23-50-36(37(40,41)42,38(43,44)45)30-16-14-27(15-17-30)32-22-47(24-35(32,3)29-11-6-5-7-12-29)34(49)28-18-20-46(21-19-28)25(2)48/h4-8,10-17,28,32H,1,9,18-24H2,2-3H3/t32-,35+/m0/s1. The van der Waals surface area contributed by atoms with Gasteiger partial charge in [-0.2, -0.15) is 26.3 Å². The molecule has 2 aliphatic rings. The Morgan fingerprint density at radius 3 is 2.08 bits per heavy atom. The third-order valence-corrected chi connectivity index (χ3v) is 10.3. The second-order valence-electron chi connectivity index (χ2n) is 13.3. The van der Waals surface area contributed by atoms with Gasteiger partial charge in [0.15, 0.2) is 0 Å². The van der Waals surface area contributed by atoms with Crippen LogP contribution in [0.1, 0.15) is 60.4 Å². The second-order valence-corrected chi connectivity index (χ2v) is 13.3. The van der Waals surface area contributed by atoms with E-state index in [1.165, 1.54) is 37.3 Å². The monoisotopic (exact) mass is 704 g/mol. The molecule has 3 aromatic rings. The van der Waals surface area contributed by atoms with E-state index in [1.54, 1.807) is 9.80 Å². The molecule has 2 atom stereocenters. The van der Waals surface area contributed by atoms with Crippen molar-refractivity contribution in [3.8, 4) is 0 Å². The van der Waals surface area contributed by atoms with Gasteiger partial charge in [-0.3, -0.25) is 9.59 Å². The highest BCUT2D eigenvalue weighted by atomic mass is 19.4. The van der Waals surface area contributed by atoms with E-state index in [2.05, 4.69) is 6.58 Å². The second kappa shape index (κ2) is 14.2. The van der Waals surface area contributed by atoms with Crippen molar-refractivity contribution in [2.75, 3.05) is 26.2 Å². The van der Waals surface area contributed by atoms with Gasteiger partial charge in [-0.05, 0) is 42.0 Å². The van der Waals surface area contributed by atoms with E-state index in [4.69, 9.17) is 4.74 Å². The molecule has 5 rings (SSSR count). The molecule has 50 heavy (non-hydrogen) atoms. The first kappa shape index (κ1) is 37.1. The summed E-state index contributed by atoms with van der Waals surface area (Å²) >= 11 is 0. The van der Waals surface area contributed by atoms with Crippen molar-refractivity contribution >= 4 is 11.8 Å². The minimum atomic E-state index is -5.97. The lowest BCUT2D eigenvalue weighted by atomic mass is 9.71. The molecule has 5 nitrogen and oxygen atoms in total. The number of carbonyl (C=O) groups excluding carboxylic acids is 2. The summed E-state index contributed by atoms with van der Waals surface area (Å²) in [7, 11) is 0. The molecule has 2 fully saturated rings. The number of rotatable bonds is 9. The Hall–Kier alpha value is -4.19. The summed E-state index contributed by atoms with van der Waals surface area (Å²) in [6.45, 7) is 7.01.